The zero-order valence-electron chi connectivity index (χ0n) is 9.91. The number of benzene rings is 2. The van der Waals surface area contributed by atoms with Crippen LogP contribution in [0, 0.1) is 20.8 Å². The highest BCUT2D eigenvalue weighted by Gasteiger charge is 2.10. The molecule has 0 aliphatic heterocycles. The topological polar surface area (TPSA) is 20.2 Å². The van der Waals surface area contributed by atoms with E-state index in [0.29, 0.717) is 5.75 Å². The van der Waals surface area contributed by atoms with Crippen molar-refractivity contribution >= 4 is 0 Å². The van der Waals surface area contributed by atoms with Crippen molar-refractivity contribution in [2.45, 2.75) is 20.8 Å². The van der Waals surface area contributed by atoms with Crippen molar-refractivity contribution < 1.29 is 5.11 Å². The second kappa shape index (κ2) is 4.01. The number of aryl methyl sites for hydroxylation is 3. The van der Waals surface area contributed by atoms with E-state index in [0.717, 1.165) is 22.3 Å². The van der Waals surface area contributed by atoms with Gasteiger partial charge in [0, 0.05) is 5.56 Å². The average Bonchev–Trinajstić information content (AvgIpc) is 2.19. The number of hydrogen-bond acceptors (Lipinski definition) is 1. The molecule has 0 amide bonds. The summed E-state index contributed by atoms with van der Waals surface area (Å²) < 4.78 is 0. The summed E-state index contributed by atoms with van der Waals surface area (Å²) in [6, 6.07) is 12.0. The molecule has 0 spiro atoms. The van der Waals surface area contributed by atoms with Gasteiger partial charge in [-0.3, -0.25) is 0 Å². The van der Waals surface area contributed by atoms with Crippen LogP contribution in [0.25, 0.3) is 11.1 Å². The molecule has 1 nitrogen and oxygen atoms in total. The molecule has 0 aliphatic carbocycles. The molecule has 0 heterocycles. The van der Waals surface area contributed by atoms with Crippen LogP contribution in [0.4, 0.5) is 0 Å². The van der Waals surface area contributed by atoms with Crippen molar-refractivity contribution in [1.29, 1.82) is 0 Å². The lowest BCUT2D eigenvalue weighted by Gasteiger charge is -2.12. The molecule has 0 fully saturated rings. The molecule has 0 unspecified atom stereocenters. The molecule has 16 heavy (non-hydrogen) atoms. The summed E-state index contributed by atoms with van der Waals surface area (Å²) in [5.74, 6) is 0.367. The minimum atomic E-state index is 0.367. The number of aromatic hydroxyl groups is 1. The van der Waals surface area contributed by atoms with Gasteiger partial charge in [-0.25, -0.2) is 0 Å². The van der Waals surface area contributed by atoms with Gasteiger partial charge >= 0.3 is 0 Å². The van der Waals surface area contributed by atoms with Crippen LogP contribution in [0.2, 0.25) is 0 Å². The molecule has 1 heteroatoms. The molecular formula is C15H16O. The van der Waals surface area contributed by atoms with E-state index in [1.807, 2.05) is 38.1 Å². The first-order valence-electron chi connectivity index (χ1n) is 5.46. The van der Waals surface area contributed by atoms with E-state index < -0.39 is 0 Å². The van der Waals surface area contributed by atoms with Gasteiger partial charge in [-0.15, -0.1) is 0 Å². The zero-order valence-corrected chi connectivity index (χ0v) is 9.91. The fourth-order valence-electron chi connectivity index (χ4n) is 2.15. The van der Waals surface area contributed by atoms with Crippen LogP contribution in [0.5, 0.6) is 5.75 Å². The van der Waals surface area contributed by atoms with Crippen LogP contribution in [0.3, 0.4) is 0 Å². The molecule has 0 saturated carbocycles. The maximum Gasteiger partial charge on any atom is 0.123 e. The summed E-state index contributed by atoms with van der Waals surface area (Å²) in [6.45, 7) is 6.09. The predicted molar refractivity (Wildman–Crippen MR) is 67.8 cm³/mol. The SMILES string of the molecule is Cc1cc(C)c(-c2ccccc2C)c(O)c1. The standard InChI is InChI=1S/C15H16O/c1-10-8-12(3)15(14(16)9-10)13-7-5-4-6-11(13)2/h4-9,16H,1-3H3. The van der Waals surface area contributed by atoms with Gasteiger partial charge in [-0.05, 0) is 49.1 Å². The van der Waals surface area contributed by atoms with Crippen molar-refractivity contribution in [3.05, 3.63) is 53.1 Å². The Hall–Kier alpha value is -1.76. The van der Waals surface area contributed by atoms with E-state index in [9.17, 15) is 5.11 Å². The Bertz CT molecular complexity index is 504. The fourth-order valence-corrected chi connectivity index (χ4v) is 2.15. The Morgan fingerprint density at radius 3 is 2.19 bits per heavy atom. The first-order chi connectivity index (χ1) is 7.59. The van der Waals surface area contributed by atoms with Crippen molar-refractivity contribution in [3.63, 3.8) is 0 Å². The molecule has 2 aromatic carbocycles. The van der Waals surface area contributed by atoms with Gasteiger partial charge in [0.15, 0.2) is 0 Å². The molecule has 0 aromatic heterocycles. The maximum absolute atomic E-state index is 10.1. The number of rotatable bonds is 1. The van der Waals surface area contributed by atoms with Gasteiger partial charge in [-0.2, -0.15) is 0 Å². The first kappa shape index (κ1) is 10.7. The van der Waals surface area contributed by atoms with Gasteiger partial charge in [0.05, 0.1) is 0 Å². The molecular weight excluding hydrogens is 196 g/mol. The molecule has 0 atom stereocenters. The van der Waals surface area contributed by atoms with E-state index in [1.54, 1.807) is 0 Å². The summed E-state index contributed by atoms with van der Waals surface area (Å²) >= 11 is 0. The van der Waals surface area contributed by atoms with Crippen molar-refractivity contribution in [2.75, 3.05) is 0 Å². The quantitative estimate of drug-likeness (QED) is 0.758. The average molecular weight is 212 g/mol. The monoisotopic (exact) mass is 212 g/mol. The second-order valence-corrected chi connectivity index (χ2v) is 4.29. The highest BCUT2D eigenvalue weighted by Crippen LogP contribution is 2.35. The maximum atomic E-state index is 10.1. The Morgan fingerprint density at radius 1 is 0.875 bits per heavy atom. The molecule has 1 N–H and O–H groups in total. The number of hydrogen-bond donors (Lipinski definition) is 1. The summed E-state index contributed by atoms with van der Waals surface area (Å²) in [4.78, 5) is 0. The second-order valence-electron chi connectivity index (χ2n) is 4.29. The summed E-state index contributed by atoms with van der Waals surface area (Å²) in [5.41, 5.74) is 5.45. The van der Waals surface area contributed by atoms with Gasteiger partial charge in [0.2, 0.25) is 0 Å². The van der Waals surface area contributed by atoms with Crippen LogP contribution in [0.1, 0.15) is 16.7 Å². The normalized spacial score (nSPS) is 10.4. The van der Waals surface area contributed by atoms with Crippen LogP contribution in [-0.2, 0) is 0 Å². The van der Waals surface area contributed by atoms with Crippen LogP contribution >= 0.6 is 0 Å². The fraction of sp³-hybridized carbons (Fsp3) is 0.200. The minimum Gasteiger partial charge on any atom is -0.507 e. The lowest BCUT2D eigenvalue weighted by Crippen LogP contribution is -1.89. The molecule has 0 radical (unpaired) electrons. The molecule has 0 saturated heterocycles. The van der Waals surface area contributed by atoms with Gasteiger partial charge in [-0.1, -0.05) is 30.3 Å². The van der Waals surface area contributed by atoms with E-state index in [4.69, 9.17) is 0 Å². The first-order valence-corrected chi connectivity index (χ1v) is 5.46. The summed E-state index contributed by atoms with van der Waals surface area (Å²) in [6.07, 6.45) is 0. The van der Waals surface area contributed by atoms with Crippen LogP contribution < -0.4 is 0 Å². The van der Waals surface area contributed by atoms with Crippen molar-refractivity contribution in [2.24, 2.45) is 0 Å². The van der Waals surface area contributed by atoms with E-state index in [2.05, 4.69) is 19.1 Å². The van der Waals surface area contributed by atoms with E-state index in [-0.39, 0.29) is 0 Å². The third kappa shape index (κ3) is 1.81. The Balaban J connectivity index is 2.70. The molecule has 0 bridgehead atoms. The minimum absolute atomic E-state index is 0.367. The lowest BCUT2D eigenvalue weighted by atomic mass is 9.94. The summed E-state index contributed by atoms with van der Waals surface area (Å²) in [5, 5.41) is 10.1. The van der Waals surface area contributed by atoms with Crippen LogP contribution in [-0.4, -0.2) is 5.11 Å². The van der Waals surface area contributed by atoms with Crippen molar-refractivity contribution in [1.82, 2.24) is 0 Å². The van der Waals surface area contributed by atoms with E-state index in [1.165, 1.54) is 5.56 Å². The van der Waals surface area contributed by atoms with Gasteiger partial charge in [0.1, 0.15) is 5.75 Å². The largest absolute Gasteiger partial charge is 0.507 e. The highest BCUT2D eigenvalue weighted by molar-refractivity contribution is 5.76. The van der Waals surface area contributed by atoms with E-state index >= 15 is 0 Å². The highest BCUT2D eigenvalue weighted by atomic mass is 16.3. The molecule has 0 aliphatic rings. The Morgan fingerprint density at radius 2 is 1.56 bits per heavy atom. The molecule has 2 aromatic rings. The van der Waals surface area contributed by atoms with Gasteiger partial charge < -0.3 is 5.11 Å². The van der Waals surface area contributed by atoms with Crippen LogP contribution in [0.15, 0.2) is 36.4 Å². The van der Waals surface area contributed by atoms with Gasteiger partial charge in [0.25, 0.3) is 0 Å². The third-order valence-corrected chi connectivity index (χ3v) is 2.87. The predicted octanol–water partition coefficient (Wildman–Crippen LogP) is 3.98. The number of phenolic OH excluding ortho intramolecular Hbond substituents is 1. The summed E-state index contributed by atoms with van der Waals surface area (Å²) in [7, 11) is 0. The van der Waals surface area contributed by atoms with Crippen molar-refractivity contribution in [3.8, 4) is 16.9 Å². The molecule has 82 valence electrons. The zero-order chi connectivity index (χ0) is 11.7. The smallest absolute Gasteiger partial charge is 0.123 e. The third-order valence-electron chi connectivity index (χ3n) is 2.87. The Labute approximate surface area is 96.4 Å². The number of phenols is 1. The molecule has 2 rings (SSSR count). The lowest BCUT2D eigenvalue weighted by molar-refractivity contribution is 0.476. The Kier molecular flexibility index (Phi) is 2.69.